The molecule has 0 saturated carbocycles. The molecule has 0 saturated heterocycles. The minimum Gasteiger partial charge on any atom is -0.345 e. The summed E-state index contributed by atoms with van der Waals surface area (Å²) in [7, 11) is 0. The summed E-state index contributed by atoms with van der Waals surface area (Å²) in [5.41, 5.74) is 1.30. The molecule has 1 N–H and O–H groups in total. The molecule has 2 rings (SSSR count). The lowest BCUT2D eigenvalue weighted by atomic mass is 10.1. The molecule has 0 aliphatic carbocycles. The highest BCUT2D eigenvalue weighted by Crippen LogP contribution is 2.22. The molecule has 1 heterocycles. The number of nitrogens with zero attached hydrogens (tertiary/aromatic N) is 2. The van der Waals surface area contributed by atoms with Crippen molar-refractivity contribution in [2.75, 3.05) is 0 Å². The summed E-state index contributed by atoms with van der Waals surface area (Å²) < 4.78 is 0.633. The van der Waals surface area contributed by atoms with Gasteiger partial charge in [-0.1, -0.05) is 35.9 Å². The molecule has 6 heteroatoms. The summed E-state index contributed by atoms with van der Waals surface area (Å²) in [5, 5.41) is 12.6. The van der Waals surface area contributed by atoms with Crippen molar-refractivity contribution in [3.63, 3.8) is 0 Å². The summed E-state index contributed by atoms with van der Waals surface area (Å²) in [6, 6.07) is 14.1. The van der Waals surface area contributed by atoms with Crippen molar-refractivity contribution in [2.45, 2.75) is 13.0 Å². The molecule has 1 atom stereocenters. The van der Waals surface area contributed by atoms with Crippen LogP contribution in [0.3, 0.4) is 0 Å². The first kappa shape index (κ1) is 17.2. The van der Waals surface area contributed by atoms with Gasteiger partial charge in [0.1, 0.15) is 16.2 Å². The van der Waals surface area contributed by atoms with Crippen molar-refractivity contribution >= 4 is 39.5 Å². The number of carbonyl (C=O) groups excluding carboxylic acids is 1. The number of aromatic nitrogens is 1. The second-order valence-electron chi connectivity index (χ2n) is 4.77. The van der Waals surface area contributed by atoms with Crippen LogP contribution < -0.4 is 5.32 Å². The fourth-order valence-corrected chi connectivity index (χ4v) is 2.64. The Balaban J connectivity index is 2.18. The van der Waals surface area contributed by atoms with Crippen LogP contribution in [0.2, 0.25) is 5.02 Å². The second-order valence-corrected chi connectivity index (χ2v) is 5.99. The molecule has 23 heavy (non-hydrogen) atoms. The normalized spacial score (nSPS) is 12.3. The number of benzene rings is 1. The average Bonchev–Trinajstić information content (AvgIpc) is 2.52. The van der Waals surface area contributed by atoms with Gasteiger partial charge in [-0.05, 0) is 52.7 Å². The van der Waals surface area contributed by atoms with Crippen LogP contribution in [0, 0.1) is 11.3 Å². The van der Waals surface area contributed by atoms with E-state index in [0.29, 0.717) is 15.3 Å². The van der Waals surface area contributed by atoms with Crippen molar-refractivity contribution in [3.8, 4) is 6.07 Å². The zero-order valence-corrected chi connectivity index (χ0v) is 14.6. The van der Waals surface area contributed by atoms with Crippen LogP contribution in [0.5, 0.6) is 0 Å². The van der Waals surface area contributed by atoms with Gasteiger partial charge in [-0.3, -0.25) is 4.79 Å². The minimum atomic E-state index is -0.471. The number of hydrogen-bond donors (Lipinski definition) is 1. The number of carbonyl (C=O) groups is 1. The van der Waals surface area contributed by atoms with E-state index >= 15 is 0 Å². The third-order valence-electron chi connectivity index (χ3n) is 3.11. The molecular formula is C17H13BrClN3O. The van der Waals surface area contributed by atoms with Crippen molar-refractivity contribution < 1.29 is 4.79 Å². The molecule has 1 aromatic carbocycles. The second kappa shape index (κ2) is 7.91. The predicted octanol–water partition coefficient (Wildman–Crippen LogP) is 4.28. The Morgan fingerprint density at radius 3 is 2.74 bits per heavy atom. The van der Waals surface area contributed by atoms with Gasteiger partial charge >= 0.3 is 0 Å². The molecule has 0 bridgehead atoms. The number of nitrogens with one attached hydrogen (secondary N) is 1. The van der Waals surface area contributed by atoms with Crippen LogP contribution in [0.1, 0.15) is 24.2 Å². The van der Waals surface area contributed by atoms with E-state index in [9.17, 15) is 10.1 Å². The topological polar surface area (TPSA) is 65.8 Å². The maximum atomic E-state index is 12.3. The highest BCUT2D eigenvalue weighted by Gasteiger charge is 2.15. The van der Waals surface area contributed by atoms with E-state index in [2.05, 4.69) is 26.2 Å². The zero-order chi connectivity index (χ0) is 16.8. The lowest BCUT2D eigenvalue weighted by Crippen LogP contribution is -2.27. The third kappa shape index (κ3) is 4.65. The summed E-state index contributed by atoms with van der Waals surface area (Å²) in [6.07, 6.45) is 1.44. The van der Waals surface area contributed by atoms with Crippen LogP contribution in [-0.2, 0) is 4.79 Å². The molecule has 0 fully saturated rings. The van der Waals surface area contributed by atoms with E-state index in [1.807, 2.05) is 31.2 Å². The number of amides is 1. The molecule has 2 aromatic rings. The van der Waals surface area contributed by atoms with Crippen LogP contribution >= 0.6 is 27.5 Å². The van der Waals surface area contributed by atoms with E-state index < -0.39 is 5.91 Å². The van der Waals surface area contributed by atoms with Gasteiger partial charge in [0.2, 0.25) is 0 Å². The Labute approximate surface area is 147 Å². The highest BCUT2D eigenvalue weighted by atomic mass is 79.9. The average molecular weight is 391 g/mol. The number of nitriles is 1. The minimum absolute atomic E-state index is 0.0190. The van der Waals surface area contributed by atoms with E-state index in [0.717, 1.165) is 5.56 Å². The Morgan fingerprint density at radius 2 is 2.09 bits per heavy atom. The fourth-order valence-electron chi connectivity index (χ4n) is 1.98. The number of halogens is 2. The summed E-state index contributed by atoms with van der Waals surface area (Å²) >= 11 is 9.37. The van der Waals surface area contributed by atoms with Crippen molar-refractivity contribution in [2.24, 2.45) is 0 Å². The first-order chi connectivity index (χ1) is 11.0. The van der Waals surface area contributed by atoms with Gasteiger partial charge in [-0.25, -0.2) is 4.98 Å². The Morgan fingerprint density at radius 1 is 1.35 bits per heavy atom. The molecule has 0 unspecified atom stereocenters. The lowest BCUT2D eigenvalue weighted by Gasteiger charge is -2.15. The lowest BCUT2D eigenvalue weighted by molar-refractivity contribution is -0.117. The fraction of sp³-hybridized carbons (Fsp3) is 0.118. The molecular weight excluding hydrogens is 378 g/mol. The molecule has 1 aromatic heterocycles. The quantitative estimate of drug-likeness (QED) is 0.481. The van der Waals surface area contributed by atoms with Crippen LogP contribution in [0.15, 0.2) is 52.6 Å². The van der Waals surface area contributed by atoms with Gasteiger partial charge < -0.3 is 5.32 Å². The van der Waals surface area contributed by atoms with Crippen molar-refractivity contribution in [1.82, 2.24) is 10.3 Å². The molecule has 0 aliphatic heterocycles. The van der Waals surface area contributed by atoms with Crippen molar-refractivity contribution in [1.29, 1.82) is 5.26 Å². The Kier molecular flexibility index (Phi) is 5.91. The number of hydrogen-bond acceptors (Lipinski definition) is 3. The Hall–Kier alpha value is -2.16. The molecule has 0 spiro atoms. The molecule has 116 valence electrons. The van der Waals surface area contributed by atoms with Gasteiger partial charge in [0.15, 0.2) is 0 Å². The number of rotatable bonds is 4. The first-order valence-corrected chi connectivity index (χ1v) is 7.98. The summed E-state index contributed by atoms with van der Waals surface area (Å²) in [5.74, 6) is -0.471. The molecule has 4 nitrogen and oxygen atoms in total. The maximum Gasteiger partial charge on any atom is 0.262 e. The molecule has 1 amide bonds. The van der Waals surface area contributed by atoms with Gasteiger partial charge in [0, 0.05) is 5.02 Å². The van der Waals surface area contributed by atoms with Crippen LogP contribution in [0.25, 0.3) is 6.08 Å². The van der Waals surface area contributed by atoms with E-state index in [4.69, 9.17) is 11.6 Å². The van der Waals surface area contributed by atoms with Gasteiger partial charge in [0.05, 0.1) is 11.7 Å². The highest BCUT2D eigenvalue weighted by molar-refractivity contribution is 9.10. The standard InChI is InChI=1S/C17H13BrClN3O/c1-11(14-6-2-3-7-15(14)19)21-17(23)12(10-20)9-13-5-4-8-16(18)22-13/h2-9,11H,1H3,(H,21,23)/t11-/m0/s1. The SMILES string of the molecule is C[C@H](NC(=O)C(C#N)=Cc1cccc(Br)n1)c1ccccc1Cl. The van der Waals surface area contributed by atoms with Gasteiger partial charge in [0.25, 0.3) is 5.91 Å². The molecule has 0 radical (unpaired) electrons. The Bertz CT molecular complexity index is 798. The number of pyridine rings is 1. The van der Waals surface area contributed by atoms with Crippen LogP contribution in [0.4, 0.5) is 0 Å². The summed E-state index contributed by atoms with van der Waals surface area (Å²) in [6.45, 7) is 1.81. The van der Waals surface area contributed by atoms with Crippen LogP contribution in [-0.4, -0.2) is 10.9 Å². The van der Waals surface area contributed by atoms with E-state index in [-0.39, 0.29) is 11.6 Å². The van der Waals surface area contributed by atoms with E-state index in [1.54, 1.807) is 24.3 Å². The van der Waals surface area contributed by atoms with Gasteiger partial charge in [-0.15, -0.1) is 0 Å². The monoisotopic (exact) mass is 389 g/mol. The third-order valence-corrected chi connectivity index (χ3v) is 3.90. The largest absolute Gasteiger partial charge is 0.345 e. The summed E-state index contributed by atoms with van der Waals surface area (Å²) in [4.78, 5) is 16.5. The van der Waals surface area contributed by atoms with E-state index in [1.165, 1.54) is 6.08 Å². The molecule has 0 aliphatic rings. The first-order valence-electron chi connectivity index (χ1n) is 6.81. The van der Waals surface area contributed by atoms with Crippen molar-refractivity contribution in [3.05, 3.63) is 68.9 Å². The smallest absolute Gasteiger partial charge is 0.262 e. The predicted molar refractivity (Wildman–Crippen MR) is 93.5 cm³/mol. The zero-order valence-electron chi connectivity index (χ0n) is 12.3. The maximum absolute atomic E-state index is 12.3. The van der Waals surface area contributed by atoms with Gasteiger partial charge in [-0.2, -0.15) is 5.26 Å².